The Bertz CT molecular complexity index is 609. The zero-order valence-electron chi connectivity index (χ0n) is 13.4. The first-order chi connectivity index (χ1) is 10.9. The summed E-state index contributed by atoms with van der Waals surface area (Å²) in [7, 11) is -3.21. The highest BCUT2D eigenvalue weighted by Crippen LogP contribution is 2.27. The number of amides is 2. The van der Waals surface area contributed by atoms with Crippen molar-refractivity contribution in [3.05, 3.63) is 24.3 Å². The van der Waals surface area contributed by atoms with Crippen molar-refractivity contribution in [2.24, 2.45) is 0 Å². The number of urea groups is 1. The van der Waals surface area contributed by atoms with E-state index in [1.807, 2.05) is 11.8 Å². The summed E-state index contributed by atoms with van der Waals surface area (Å²) in [6.45, 7) is 0.633. The van der Waals surface area contributed by atoms with Crippen molar-refractivity contribution in [2.75, 3.05) is 23.9 Å². The Balaban J connectivity index is 1.68. The quantitative estimate of drug-likeness (QED) is 0.767. The van der Waals surface area contributed by atoms with Crippen molar-refractivity contribution in [1.82, 2.24) is 5.32 Å². The van der Waals surface area contributed by atoms with Gasteiger partial charge in [-0.2, -0.15) is 11.8 Å². The Morgan fingerprint density at radius 1 is 1.17 bits per heavy atom. The number of hydrogen-bond donors (Lipinski definition) is 2. The highest BCUT2D eigenvalue weighted by atomic mass is 32.2. The molecule has 23 heavy (non-hydrogen) atoms. The zero-order chi connectivity index (χ0) is 16.7. The van der Waals surface area contributed by atoms with Gasteiger partial charge in [-0.3, -0.25) is 0 Å². The third-order valence-corrected chi connectivity index (χ3v) is 6.34. The molecule has 1 aromatic carbocycles. The van der Waals surface area contributed by atoms with Crippen molar-refractivity contribution in [3.8, 4) is 0 Å². The first-order valence-electron chi connectivity index (χ1n) is 7.92. The second kappa shape index (κ2) is 8.59. The molecule has 0 aliphatic heterocycles. The van der Waals surface area contributed by atoms with Gasteiger partial charge in [0.1, 0.15) is 0 Å². The summed E-state index contributed by atoms with van der Waals surface area (Å²) in [6.07, 6.45) is 7.76. The molecule has 0 spiro atoms. The second-order valence-corrected chi connectivity index (χ2v) is 9.23. The minimum absolute atomic E-state index is 0.243. The van der Waals surface area contributed by atoms with Gasteiger partial charge in [0.2, 0.25) is 0 Å². The number of sulfone groups is 1. The van der Waals surface area contributed by atoms with Gasteiger partial charge in [-0.25, -0.2) is 13.2 Å². The third kappa shape index (κ3) is 6.43. The molecule has 1 fully saturated rings. The van der Waals surface area contributed by atoms with Gasteiger partial charge in [0.05, 0.1) is 4.90 Å². The maximum atomic E-state index is 11.8. The zero-order valence-corrected chi connectivity index (χ0v) is 15.0. The predicted molar refractivity (Wildman–Crippen MR) is 95.9 cm³/mol. The SMILES string of the molecule is CS(=O)(=O)c1ccc(NC(=O)NCCSC2CCCCC2)cc1. The molecule has 1 saturated carbocycles. The Hall–Kier alpha value is -1.21. The molecule has 0 unspecified atom stereocenters. The standard InChI is InChI=1S/C16H24N2O3S2/c1-23(20,21)15-9-7-13(8-10-15)18-16(19)17-11-12-22-14-5-3-2-4-6-14/h7-10,14H,2-6,11-12H2,1H3,(H2,17,18,19). The van der Waals surface area contributed by atoms with Crippen molar-refractivity contribution in [1.29, 1.82) is 0 Å². The fourth-order valence-corrected chi connectivity index (χ4v) is 4.43. The van der Waals surface area contributed by atoms with Crippen LogP contribution in [0.4, 0.5) is 10.5 Å². The van der Waals surface area contributed by atoms with Crippen LogP contribution >= 0.6 is 11.8 Å². The van der Waals surface area contributed by atoms with Gasteiger partial charge in [0, 0.05) is 29.5 Å². The summed E-state index contributed by atoms with van der Waals surface area (Å²) < 4.78 is 22.7. The molecule has 128 valence electrons. The lowest BCUT2D eigenvalue weighted by molar-refractivity contribution is 0.252. The summed E-state index contributed by atoms with van der Waals surface area (Å²) in [5, 5.41) is 6.28. The smallest absolute Gasteiger partial charge is 0.319 e. The lowest BCUT2D eigenvalue weighted by Gasteiger charge is -2.20. The topological polar surface area (TPSA) is 75.3 Å². The Morgan fingerprint density at radius 3 is 2.43 bits per heavy atom. The van der Waals surface area contributed by atoms with Gasteiger partial charge in [0.25, 0.3) is 0 Å². The number of rotatable bonds is 6. The number of anilines is 1. The van der Waals surface area contributed by atoms with Crippen LogP contribution in [0.2, 0.25) is 0 Å². The number of nitrogens with one attached hydrogen (secondary N) is 2. The molecule has 7 heteroatoms. The van der Waals surface area contributed by atoms with Crippen LogP contribution < -0.4 is 10.6 Å². The van der Waals surface area contributed by atoms with E-state index in [1.54, 1.807) is 12.1 Å². The van der Waals surface area contributed by atoms with Crippen LogP contribution in [0, 0.1) is 0 Å². The molecular weight excluding hydrogens is 332 g/mol. The fraction of sp³-hybridized carbons (Fsp3) is 0.562. The Kier molecular flexibility index (Phi) is 6.77. The van der Waals surface area contributed by atoms with E-state index in [4.69, 9.17) is 0 Å². The third-order valence-electron chi connectivity index (χ3n) is 3.83. The van der Waals surface area contributed by atoms with Crippen LogP contribution in [0.25, 0.3) is 0 Å². The van der Waals surface area contributed by atoms with E-state index >= 15 is 0 Å². The summed E-state index contributed by atoms with van der Waals surface area (Å²) in [5.41, 5.74) is 0.579. The molecule has 2 rings (SSSR count). The molecule has 0 atom stereocenters. The van der Waals surface area contributed by atoms with E-state index in [0.29, 0.717) is 12.2 Å². The Labute approximate surface area is 142 Å². The van der Waals surface area contributed by atoms with E-state index in [-0.39, 0.29) is 10.9 Å². The van der Waals surface area contributed by atoms with Gasteiger partial charge < -0.3 is 10.6 Å². The van der Waals surface area contributed by atoms with Gasteiger partial charge in [0.15, 0.2) is 9.84 Å². The molecule has 0 saturated heterocycles. The molecule has 1 aromatic rings. The average Bonchev–Trinajstić information content (AvgIpc) is 2.52. The van der Waals surface area contributed by atoms with Gasteiger partial charge in [-0.15, -0.1) is 0 Å². The van der Waals surface area contributed by atoms with Crippen LogP contribution in [0.3, 0.4) is 0 Å². The normalized spacial score (nSPS) is 16.0. The first-order valence-corrected chi connectivity index (χ1v) is 10.9. The minimum Gasteiger partial charge on any atom is -0.337 e. The lowest BCUT2D eigenvalue weighted by Crippen LogP contribution is -2.30. The van der Waals surface area contributed by atoms with Gasteiger partial charge in [-0.1, -0.05) is 19.3 Å². The van der Waals surface area contributed by atoms with Crippen molar-refractivity contribution in [2.45, 2.75) is 42.2 Å². The number of carbonyl (C=O) groups excluding carboxylic acids is 1. The number of carbonyl (C=O) groups is 1. The van der Waals surface area contributed by atoms with E-state index in [9.17, 15) is 13.2 Å². The van der Waals surface area contributed by atoms with Crippen LogP contribution in [-0.4, -0.2) is 38.3 Å². The van der Waals surface area contributed by atoms with Gasteiger partial charge >= 0.3 is 6.03 Å². The molecule has 5 nitrogen and oxygen atoms in total. The summed E-state index contributed by atoms with van der Waals surface area (Å²) >= 11 is 1.94. The van der Waals surface area contributed by atoms with Crippen LogP contribution in [0.15, 0.2) is 29.2 Å². The maximum absolute atomic E-state index is 11.8. The van der Waals surface area contributed by atoms with Crippen LogP contribution in [0.1, 0.15) is 32.1 Å². The summed E-state index contributed by atoms with van der Waals surface area (Å²) in [6, 6.07) is 5.90. The molecule has 2 amide bonds. The van der Waals surface area contributed by atoms with E-state index in [0.717, 1.165) is 17.3 Å². The Morgan fingerprint density at radius 2 is 1.83 bits per heavy atom. The molecule has 1 aliphatic rings. The highest BCUT2D eigenvalue weighted by molar-refractivity contribution is 7.99. The summed E-state index contributed by atoms with van der Waals surface area (Å²) in [4.78, 5) is 12.0. The summed E-state index contributed by atoms with van der Waals surface area (Å²) in [5.74, 6) is 0.922. The van der Waals surface area contributed by atoms with Crippen LogP contribution in [-0.2, 0) is 9.84 Å². The largest absolute Gasteiger partial charge is 0.337 e. The molecule has 0 radical (unpaired) electrons. The molecule has 1 aliphatic carbocycles. The van der Waals surface area contributed by atoms with Crippen molar-refractivity contribution >= 4 is 33.3 Å². The van der Waals surface area contributed by atoms with E-state index in [1.165, 1.54) is 44.2 Å². The lowest BCUT2D eigenvalue weighted by atomic mass is 10.0. The average molecular weight is 357 g/mol. The van der Waals surface area contributed by atoms with Crippen molar-refractivity contribution in [3.63, 3.8) is 0 Å². The highest BCUT2D eigenvalue weighted by Gasteiger charge is 2.13. The maximum Gasteiger partial charge on any atom is 0.319 e. The van der Waals surface area contributed by atoms with Crippen LogP contribution in [0.5, 0.6) is 0 Å². The number of hydrogen-bond acceptors (Lipinski definition) is 4. The van der Waals surface area contributed by atoms with E-state index in [2.05, 4.69) is 10.6 Å². The minimum atomic E-state index is -3.21. The van der Waals surface area contributed by atoms with Crippen molar-refractivity contribution < 1.29 is 13.2 Å². The fourth-order valence-electron chi connectivity index (χ4n) is 2.58. The van der Waals surface area contributed by atoms with E-state index < -0.39 is 9.84 Å². The van der Waals surface area contributed by atoms with Gasteiger partial charge in [-0.05, 0) is 37.1 Å². The molecule has 0 aromatic heterocycles. The monoisotopic (exact) mass is 356 g/mol. The molecular formula is C16H24N2O3S2. The first kappa shape index (κ1) is 18.1. The second-order valence-electron chi connectivity index (χ2n) is 5.81. The molecule has 0 bridgehead atoms. The molecule has 2 N–H and O–H groups in total. The predicted octanol–water partition coefficient (Wildman–Crippen LogP) is 3.28. The number of benzene rings is 1. The number of thioether (sulfide) groups is 1. The molecule has 0 heterocycles.